The Bertz CT molecular complexity index is 692. The lowest BCUT2D eigenvalue weighted by atomic mass is 9.86. The molecule has 1 amide bonds. The lowest BCUT2D eigenvalue weighted by Crippen LogP contribution is -2.39. The first-order valence-corrected chi connectivity index (χ1v) is 8.14. The molecule has 0 bridgehead atoms. The highest BCUT2D eigenvalue weighted by Gasteiger charge is 2.32. The van der Waals surface area contributed by atoms with Gasteiger partial charge in [-0.25, -0.2) is 4.98 Å². The third-order valence-corrected chi connectivity index (χ3v) is 5.63. The Hall–Kier alpha value is -1.88. The third-order valence-electron chi connectivity index (χ3n) is 4.42. The molecule has 1 fully saturated rings. The van der Waals surface area contributed by atoms with Gasteiger partial charge in [-0.1, -0.05) is 18.6 Å². The second-order valence-corrected chi connectivity index (χ2v) is 6.83. The van der Waals surface area contributed by atoms with Gasteiger partial charge in [-0.15, -0.1) is 11.3 Å². The Morgan fingerprint density at radius 1 is 1.33 bits per heavy atom. The van der Waals surface area contributed by atoms with E-state index in [0.29, 0.717) is 5.92 Å². The number of nitrogens with one attached hydrogen (secondary N) is 1. The maximum absolute atomic E-state index is 12.5. The van der Waals surface area contributed by atoms with Crippen LogP contribution in [0.25, 0.3) is 0 Å². The van der Waals surface area contributed by atoms with Crippen molar-refractivity contribution >= 4 is 22.9 Å². The van der Waals surface area contributed by atoms with Crippen LogP contribution in [0.1, 0.15) is 51.6 Å². The van der Waals surface area contributed by atoms with Gasteiger partial charge >= 0.3 is 0 Å². The molecule has 1 aromatic carbocycles. The first-order chi connectivity index (χ1) is 10.2. The molecule has 1 unspecified atom stereocenters. The van der Waals surface area contributed by atoms with Crippen molar-refractivity contribution in [1.29, 1.82) is 0 Å². The molecular formula is C16H17N3OS. The number of hydrogen-bond donors (Lipinski definition) is 1. The number of para-hydroxylation sites is 1. The highest BCUT2D eigenvalue weighted by molar-refractivity contribution is 7.11. The number of thiazole rings is 1. The van der Waals surface area contributed by atoms with E-state index in [2.05, 4.69) is 10.3 Å². The van der Waals surface area contributed by atoms with Crippen molar-refractivity contribution in [3.05, 3.63) is 45.9 Å². The van der Waals surface area contributed by atoms with E-state index in [-0.39, 0.29) is 12.1 Å². The Morgan fingerprint density at radius 3 is 2.90 bits per heavy atom. The number of amides is 1. The number of benzene rings is 1. The molecule has 2 aromatic rings. The molecule has 0 saturated heterocycles. The summed E-state index contributed by atoms with van der Waals surface area (Å²) in [4.78, 5) is 19.9. The van der Waals surface area contributed by atoms with Crippen LogP contribution in [0.3, 0.4) is 0 Å². The largest absolute Gasteiger partial charge is 0.360 e. The molecule has 1 aromatic heterocycles. The van der Waals surface area contributed by atoms with Crippen molar-refractivity contribution in [2.45, 2.75) is 31.3 Å². The molecule has 0 radical (unpaired) electrons. The Balaban J connectivity index is 1.66. The molecule has 1 aliphatic carbocycles. The van der Waals surface area contributed by atoms with E-state index in [4.69, 9.17) is 0 Å². The monoisotopic (exact) mass is 299 g/mol. The van der Waals surface area contributed by atoms with Crippen LogP contribution in [0.5, 0.6) is 0 Å². The molecule has 4 nitrogen and oxygen atoms in total. The van der Waals surface area contributed by atoms with Gasteiger partial charge in [-0.2, -0.15) is 0 Å². The molecule has 21 heavy (non-hydrogen) atoms. The van der Waals surface area contributed by atoms with E-state index in [0.717, 1.165) is 16.1 Å². The van der Waals surface area contributed by atoms with Gasteiger partial charge in [0, 0.05) is 24.8 Å². The number of fused-ring (bicyclic) bond motifs is 1. The van der Waals surface area contributed by atoms with Crippen LogP contribution >= 0.6 is 11.3 Å². The standard InChI is InChI=1S/C16H17N3OS/c1-19-14(13-9-17-15(21-13)10-5-4-6-10)18-12-8-3-2-7-11(12)16(19)20/h2-3,7-10,14,18H,4-6H2,1H3. The number of hydrogen-bond acceptors (Lipinski definition) is 4. The van der Waals surface area contributed by atoms with Crippen LogP contribution in [-0.4, -0.2) is 22.8 Å². The summed E-state index contributed by atoms with van der Waals surface area (Å²) >= 11 is 1.74. The Labute approximate surface area is 127 Å². The quantitative estimate of drug-likeness (QED) is 0.921. The minimum atomic E-state index is -0.112. The van der Waals surface area contributed by atoms with Crippen LogP contribution in [0.15, 0.2) is 30.5 Å². The average molecular weight is 299 g/mol. The summed E-state index contributed by atoms with van der Waals surface area (Å²) in [6.07, 6.45) is 5.63. The SMILES string of the molecule is CN1C(=O)c2ccccc2NC1c1cnc(C2CCC2)s1. The lowest BCUT2D eigenvalue weighted by Gasteiger charge is -2.34. The first kappa shape index (κ1) is 12.8. The van der Waals surface area contributed by atoms with Crippen LogP contribution in [0, 0.1) is 0 Å². The maximum atomic E-state index is 12.5. The summed E-state index contributed by atoms with van der Waals surface area (Å²) in [5.41, 5.74) is 1.64. The van der Waals surface area contributed by atoms with Gasteiger partial charge in [-0.05, 0) is 25.0 Å². The number of nitrogens with zero attached hydrogens (tertiary/aromatic N) is 2. The van der Waals surface area contributed by atoms with Crippen LogP contribution in [-0.2, 0) is 0 Å². The van der Waals surface area contributed by atoms with Crippen LogP contribution in [0.4, 0.5) is 5.69 Å². The van der Waals surface area contributed by atoms with Crippen molar-refractivity contribution in [1.82, 2.24) is 9.88 Å². The molecule has 108 valence electrons. The highest BCUT2D eigenvalue weighted by atomic mass is 32.1. The normalized spacial score (nSPS) is 21.7. The predicted octanol–water partition coefficient (Wildman–Crippen LogP) is 3.61. The molecule has 2 heterocycles. The highest BCUT2D eigenvalue weighted by Crippen LogP contribution is 2.41. The minimum Gasteiger partial charge on any atom is -0.360 e. The number of aromatic nitrogens is 1. The molecule has 2 aliphatic rings. The van der Waals surface area contributed by atoms with Gasteiger partial charge in [0.15, 0.2) is 0 Å². The van der Waals surface area contributed by atoms with Crippen molar-refractivity contribution in [3.8, 4) is 0 Å². The molecule has 5 heteroatoms. The number of rotatable bonds is 2. The Morgan fingerprint density at radius 2 is 2.14 bits per heavy atom. The fraction of sp³-hybridized carbons (Fsp3) is 0.375. The zero-order chi connectivity index (χ0) is 14.4. The summed E-state index contributed by atoms with van der Waals surface area (Å²) in [6, 6.07) is 7.67. The van der Waals surface area contributed by atoms with E-state index in [1.807, 2.05) is 37.5 Å². The average Bonchev–Trinajstić information content (AvgIpc) is 2.90. The molecule has 1 N–H and O–H groups in total. The van der Waals surface area contributed by atoms with Crippen LogP contribution in [0.2, 0.25) is 0 Å². The fourth-order valence-electron chi connectivity index (χ4n) is 2.88. The van der Waals surface area contributed by atoms with E-state index >= 15 is 0 Å². The van der Waals surface area contributed by atoms with Gasteiger partial charge in [0.25, 0.3) is 5.91 Å². The molecule has 1 atom stereocenters. The lowest BCUT2D eigenvalue weighted by molar-refractivity contribution is 0.0738. The fourth-order valence-corrected chi connectivity index (χ4v) is 4.06. The van der Waals surface area contributed by atoms with Crippen molar-refractivity contribution in [2.24, 2.45) is 0 Å². The summed E-state index contributed by atoms with van der Waals surface area (Å²) in [6.45, 7) is 0. The van der Waals surface area contributed by atoms with Gasteiger partial charge in [0.1, 0.15) is 6.17 Å². The Kier molecular flexibility index (Phi) is 2.96. The number of carbonyl (C=O) groups excluding carboxylic acids is 1. The van der Waals surface area contributed by atoms with E-state index in [9.17, 15) is 4.79 Å². The van der Waals surface area contributed by atoms with E-state index in [1.54, 1.807) is 16.2 Å². The third kappa shape index (κ3) is 2.03. The molecule has 1 saturated carbocycles. The summed E-state index contributed by atoms with van der Waals surface area (Å²) in [5.74, 6) is 0.702. The zero-order valence-electron chi connectivity index (χ0n) is 11.9. The second-order valence-electron chi connectivity index (χ2n) is 5.74. The van der Waals surface area contributed by atoms with Gasteiger partial charge < -0.3 is 10.2 Å². The van der Waals surface area contributed by atoms with Crippen molar-refractivity contribution in [3.63, 3.8) is 0 Å². The zero-order valence-corrected chi connectivity index (χ0v) is 12.7. The predicted molar refractivity (Wildman–Crippen MR) is 83.6 cm³/mol. The molecule has 4 rings (SSSR count). The smallest absolute Gasteiger partial charge is 0.257 e. The van der Waals surface area contributed by atoms with Gasteiger partial charge in [0.05, 0.1) is 15.4 Å². The summed E-state index contributed by atoms with van der Waals surface area (Å²) in [5, 5.41) is 4.68. The molecular weight excluding hydrogens is 282 g/mol. The first-order valence-electron chi connectivity index (χ1n) is 7.32. The summed E-state index contributed by atoms with van der Waals surface area (Å²) < 4.78 is 0. The van der Waals surface area contributed by atoms with Gasteiger partial charge in [0.2, 0.25) is 0 Å². The molecule has 0 spiro atoms. The number of carbonyl (C=O) groups is 1. The summed E-state index contributed by atoms with van der Waals surface area (Å²) in [7, 11) is 1.85. The second kappa shape index (κ2) is 4.84. The van der Waals surface area contributed by atoms with E-state index < -0.39 is 0 Å². The van der Waals surface area contributed by atoms with Crippen molar-refractivity contribution < 1.29 is 4.79 Å². The minimum absolute atomic E-state index is 0.0629. The molecule has 1 aliphatic heterocycles. The topological polar surface area (TPSA) is 45.2 Å². The number of anilines is 1. The van der Waals surface area contributed by atoms with Crippen LogP contribution < -0.4 is 5.32 Å². The van der Waals surface area contributed by atoms with E-state index in [1.165, 1.54) is 24.3 Å². The maximum Gasteiger partial charge on any atom is 0.257 e. The van der Waals surface area contributed by atoms with Gasteiger partial charge in [-0.3, -0.25) is 4.79 Å². The van der Waals surface area contributed by atoms with Crippen molar-refractivity contribution in [2.75, 3.05) is 12.4 Å².